The summed E-state index contributed by atoms with van der Waals surface area (Å²) in [7, 11) is 0. The number of esters is 1. The Morgan fingerprint density at radius 3 is 2.29 bits per heavy atom. The zero-order valence-electron chi connectivity index (χ0n) is 16.6. The van der Waals surface area contributed by atoms with E-state index in [4.69, 9.17) is 4.74 Å². The third-order valence-corrected chi connectivity index (χ3v) is 5.00. The van der Waals surface area contributed by atoms with E-state index in [9.17, 15) is 31.1 Å². The van der Waals surface area contributed by atoms with E-state index in [0.29, 0.717) is 13.1 Å². The number of ether oxygens (including phenoxy) is 1. The SMILES string of the molecule is CCOC(=O)c1c(C(F)(F)F)nc(C(F)F)c(CN2CCCC2)c1-c1ccc(F)cc1. The van der Waals surface area contributed by atoms with Crippen molar-refractivity contribution in [2.24, 2.45) is 0 Å². The molecule has 0 aliphatic carbocycles. The zero-order valence-corrected chi connectivity index (χ0v) is 16.6. The first-order valence-electron chi connectivity index (χ1n) is 9.71. The molecule has 1 saturated heterocycles. The van der Waals surface area contributed by atoms with Gasteiger partial charge in [-0.3, -0.25) is 4.90 Å². The van der Waals surface area contributed by atoms with Crippen LogP contribution < -0.4 is 0 Å². The molecule has 1 aliphatic rings. The van der Waals surface area contributed by atoms with Gasteiger partial charge in [0.1, 0.15) is 11.5 Å². The molecule has 2 aromatic rings. The second-order valence-electron chi connectivity index (χ2n) is 7.08. The molecule has 1 aromatic carbocycles. The van der Waals surface area contributed by atoms with E-state index in [1.807, 2.05) is 0 Å². The summed E-state index contributed by atoms with van der Waals surface area (Å²) < 4.78 is 87.5. The van der Waals surface area contributed by atoms with Gasteiger partial charge in [0, 0.05) is 17.7 Å². The number of nitrogens with zero attached hydrogens (tertiary/aromatic N) is 2. The molecule has 31 heavy (non-hydrogen) atoms. The van der Waals surface area contributed by atoms with Crippen LogP contribution in [0.5, 0.6) is 0 Å². The Kier molecular flexibility index (Phi) is 6.88. The standard InChI is InChI=1S/C21H20F6N2O2/c1-2-31-20(30)16-15(12-5-7-13(22)8-6-12)14(11-29-9-3-4-10-29)17(19(23)24)28-18(16)21(25,26)27/h5-8,19H,2-4,9-11H2,1H3. The minimum absolute atomic E-state index is 0.00606. The fourth-order valence-corrected chi connectivity index (χ4v) is 3.69. The second-order valence-corrected chi connectivity index (χ2v) is 7.08. The third-order valence-electron chi connectivity index (χ3n) is 5.00. The minimum atomic E-state index is -5.19. The van der Waals surface area contributed by atoms with Crippen LogP contribution in [-0.2, 0) is 17.5 Å². The Morgan fingerprint density at radius 1 is 1.16 bits per heavy atom. The van der Waals surface area contributed by atoms with E-state index in [1.54, 1.807) is 4.90 Å². The quantitative estimate of drug-likeness (QED) is 0.427. The van der Waals surface area contributed by atoms with Crippen LogP contribution in [0.3, 0.4) is 0 Å². The van der Waals surface area contributed by atoms with Crippen molar-refractivity contribution in [1.82, 2.24) is 9.88 Å². The monoisotopic (exact) mass is 446 g/mol. The number of carbonyl (C=O) groups is 1. The van der Waals surface area contributed by atoms with Crippen molar-refractivity contribution in [2.75, 3.05) is 19.7 Å². The molecule has 0 bridgehead atoms. The van der Waals surface area contributed by atoms with E-state index in [2.05, 4.69) is 4.98 Å². The highest BCUT2D eigenvalue weighted by Crippen LogP contribution is 2.41. The minimum Gasteiger partial charge on any atom is -0.462 e. The largest absolute Gasteiger partial charge is 0.462 e. The number of halogens is 6. The van der Waals surface area contributed by atoms with Crippen molar-refractivity contribution in [3.05, 3.63) is 52.6 Å². The smallest absolute Gasteiger partial charge is 0.434 e. The van der Waals surface area contributed by atoms with Crippen molar-refractivity contribution in [3.63, 3.8) is 0 Å². The molecule has 1 fully saturated rings. The molecule has 0 radical (unpaired) electrons. The molecule has 0 atom stereocenters. The molecule has 0 spiro atoms. The van der Waals surface area contributed by atoms with Gasteiger partial charge in [-0.25, -0.2) is 22.9 Å². The van der Waals surface area contributed by atoms with Gasteiger partial charge in [0.15, 0.2) is 5.69 Å². The number of aromatic nitrogens is 1. The third kappa shape index (κ3) is 5.00. The first-order chi connectivity index (χ1) is 14.6. The lowest BCUT2D eigenvalue weighted by Gasteiger charge is -2.24. The molecule has 0 N–H and O–H groups in total. The van der Waals surface area contributed by atoms with E-state index in [-0.39, 0.29) is 29.8 Å². The highest BCUT2D eigenvalue weighted by atomic mass is 19.4. The van der Waals surface area contributed by atoms with Crippen LogP contribution in [0.2, 0.25) is 0 Å². The molecule has 10 heteroatoms. The van der Waals surface area contributed by atoms with E-state index in [1.165, 1.54) is 6.92 Å². The molecule has 0 unspecified atom stereocenters. The van der Waals surface area contributed by atoms with Crippen LogP contribution in [0.25, 0.3) is 11.1 Å². The highest BCUT2D eigenvalue weighted by molar-refractivity contribution is 5.99. The molecule has 0 amide bonds. The number of likely N-dealkylation sites (tertiary alicyclic amines) is 1. The number of rotatable bonds is 6. The summed E-state index contributed by atoms with van der Waals surface area (Å²) in [5, 5.41) is 0. The summed E-state index contributed by atoms with van der Waals surface area (Å²) in [5.74, 6) is -1.99. The topological polar surface area (TPSA) is 42.4 Å². The molecular formula is C21H20F6N2O2. The van der Waals surface area contributed by atoms with Crippen molar-refractivity contribution in [1.29, 1.82) is 0 Å². The Labute approximate surface area is 174 Å². The van der Waals surface area contributed by atoms with Crippen molar-refractivity contribution in [2.45, 2.75) is 38.9 Å². The molecule has 0 saturated carbocycles. The van der Waals surface area contributed by atoms with Crippen molar-refractivity contribution < 1.29 is 35.9 Å². The molecule has 1 aliphatic heterocycles. The van der Waals surface area contributed by atoms with Gasteiger partial charge in [0.2, 0.25) is 0 Å². The lowest BCUT2D eigenvalue weighted by molar-refractivity contribution is -0.142. The van der Waals surface area contributed by atoms with Crippen LogP contribution in [0.1, 0.15) is 53.5 Å². The van der Waals surface area contributed by atoms with Crippen LogP contribution in [-0.4, -0.2) is 35.5 Å². The molecule has 4 nitrogen and oxygen atoms in total. The van der Waals surface area contributed by atoms with E-state index < -0.39 is 41.3 Å². The fourth-order valence-electron chi connectivity index (χ4n) is 3.69. The molecule has 3 rings (SSSR count). The first kappa shape index (κ1) is 23.1. The normalized spacial score (nSPS) is 15.0. The highest BCUT2D eigenvalue weighted by Gasteiger charge is 2.42. The van der Waals surface area contributed by atoms with Gasteiger partial charge < -0.3 is 4.74 Å². The maximum atomic E-state index is 13.9. The number of hydrogen-bond donors (Lipinski definition) is 0. The van der Waals surface area contributed by atoms with Gasteiger partial charge in [0.05, 0.1) is 12.2 Å². The van der Waals surface area contributed by atoms with Gasteiger partial charge in [-0.2, -0.15) is 13.2 Å². The average molecular weight is 446 g/mol. The van der Waals surface area contributed by atoms with Crippen LogP contribution in [0.15, 0.2) is 24.3 Å². The van der Waals surface area contributed by atoms with Gasteiger partial charge in [0.25, 0.3) is 6.43 Å². The van der Waals surface area contributed by atoms with Crippen LogP contribution in [0, 0.1) is 5.82 Å². The summed E-state index contributed by atoms with van der Waals surface area (Å²) in [5.41, 5.74) is -4.30. The Morgan fingerprint density at radius 2 is 1.77 bits per heavy atom. The summed E-state index contributed by atoms with van der Waals surface area (Å²) in [6, 6.07) is 4.27. The summed E-state index contributed by atoms with van der Waals surface area (Å²) in [6.07, 6.45) is -6.87. The van der Waals surface area contributed by atoms with Crippen LogP contribution in [0.4, 0.5) is 26.3 Å². The Bertz CT molecular complexity index is 938. The summed E-state index contributed by atoms with van der Waals surface area (Å²) in [6.45, 7) is 2.21. The number of alkyl halides is 5. The molecule has 168 valence electrons. The number of benzene rings is 1. The van der Waals surface area contributed by atoms with E-state index in [0.717, 1.165) is 37.1 Å². The molecule has 2 heterocycles. The summed E-state index contributed by atoms with van der Waals surface area (Å²) >= 11 is 0. The fraction of sp³-hybridized carbons (Fsp3) is 0.429. The number of hydrogen-bond acceptors (Lipinski definition) is 4. The molecular weight excluding hydrogens is 426 g/mol. The number of carbonyl (C=O) groups excluding carboxylic acids is 1. The zero-order chi connectivity index (χ0) is 22.8. The molecule has 1 aromatic heterocycles. The second kappa shape index (κ2) is 9.25. The maximum Gasteiger partial charge on any atom is 0.434 e. The van der Waals surface area contributed by atoms with E-state index >= 15 is 0 Å². The predicted octanol–water partition coefficient (Wildman–Crippen LogP) is 5.62. The lowest BCUT2D eigenvalue weighted by Crippen LogP contribution is -2.25. The van der Waals surface area contributed by atoms with Gasteiger partial charge in [-0.15, -0.1) is 0 Å². The van der Waals surface area contributed by atoms with Gasteiger partial charge in [-0.05, 0) is 50.6 Å². The van der Waals surface area contributed by atoms with Crippen molar-refractivity contribution >= 4 is 5.97 Å². The average Bonchev–Trinajstić information content (AvgIpc) is 3.20. The first-order valence-corrected chi connectivity index (χ1v) is 9.71. The van der Waals surface area contributed by atoms with Crippen molar-refractivity contribution in [3.8, 4) is 11.1 Å². The Balaban J connectivity index is 2.39. The Hall–Kier alpha value is -2.62. The number of pyridine rings is 1. The predicted molar refractivity (Wildman–Crippen MR) is 100 cm³/mol. The van der Waals surface area contributed by atoms with Gasteiger partial charge in [-0.1, -0.05) is 12.1 Å². The lowest BCUT2D eigenvalue weighted by atomic mass is 9.91. The maximum absolute atomic E-state index is 13.9. The van der Waals surface area contributed by atoms with Crippen LogP contribution >= 0.6 is 0 Å². The summed E-state index contributed by atoms with van der Waals surface area (Å²) in [4.78, 5) is 17.6. The van der Waals surface area contributed by atoms with Gasteiger partial charge >= 0.3 is 12.1 Å².